The second-order valence-corrected chi connectivity index (χ2v) is 7.45. The Morgan fingerprint density at radius 2 is 1.60 bits per heavy atom. The molecule has 3 aromatic carbocycles. The highest BCUT2D eigenvalue weighted by atomic mass is 19.1. The lowest BCUT2D eigenvalue weighted by Crippen LogP contribution is -2.55. The Bertz CT molecular complexity index is 1040. The summed E-state index contributed by atoms with van der Waals surface area (Å²) in [7, 11) is 0. The zero-order valence-corrected chi connectivity index (χ0v) is 16.1. The van der Waals surface area contributed by atoms with Crippen LogP contribution in [0.1, 0.15) is 36.1 Å². The fourth-order valence-electron chi connectivity index (χ4n) is 3.99. The number of halogens is 2. The molecule has 0 bridgehead atoms. The van der Waals surface area contributed by atoms with E-state index in [1.165, 1.54) is 47.4 Å². The number of aliphatic hydroxyl groups is 1. The minimum absolute atomic E-state index is 0.102. The summed E-state index contributed by atoms with van der Waals surface area (Å²) in [6, 6.07) is 17.8. The lowest BCUT2D eigenvalue weighted by atomic mass is 9.78. The number of anilines is 1. The summed E-state index contributed by atoms with van der Waals surface area (Å²) in [5, 5.41) is 20.0. The predicted molar refractivity (Wildman–Crippen MR) is 109 cm³/mol. The number of carbonyl (C=O) groups excluding carboxylic acids is 1. The Hall–Kier alpha value is -3.25. The van der Waals surface area contributed by atoms with E-state index >= 15 is 0 Å². The highest BCUT2D eigenvalue weighted by Crippen LogP contribution is 2.47. The molecular formula is C24H21F2NO3. The van der Waals surface area contributed by atoms with Crippen molar-refractivity contribution in [3.05, 3.63) is 95.6 Å². The van der Waals surface area contributed by atoms with Crippen molar-refractivity contribution in [1.82, 2.24) is 0 Å². The Morgan fingerprint density at radius 1 is 0.933 bits per heavy atom. The molecule has 0 radical (unpaired) electrons. The van der Waals surface area contributed by atoms with Crippen LogP contribution in [-0.4, -0.2) is 16.1 Å². The molecule has 1 fully saturated rings. The highest BCUT2D eigenvalue weighted by molar-refractivity contribution is 6.03. The van der Waals surface area contributed by atoms with Gasteiger partial charge in [-0.3, -0.25) is 4.79 Å². The smallest absolute Gasteiger partial charge is 0.233 e. The van der Waals surface area contributed by atoms with Gasteiger partial charge < -0.3 is 15.1 Å². The molecule has 4 nitrogen and oxygen atoms in total. The van der Waals surface area contributed by atoms with E-state index in [1.54, 1.807) is 30.3 Å². The Labute approximate surface area is 173 Å². The van der Waals surface area contributed by atoms with E-state index in [0.29, 0.717) is 18.4 Å². The van der Waals surface area contributed by atoms with Gasteiger partial charge in [-0.25, -0.2) is 8.78 Å². The molecule has 4 rings (SSSR count). The van der Waals surface area contributed by atoms with Crippen LogP contribution in [0.25, 0.3) is 0 Å². The van der Waals surface area contributed by atoms with E-state index in [4.69, 9.17) is 0 Å². The lowest BCUT2D eigenvalue weighted by Gasteiger charge is -2.48. The van der Waals surface area contributed by atoms with Crippen LogP contribution in [0.4, 0.5) is 14.5 Å². The van der Waals surface area contributed by atoms with Gasteiger partial charge in [0.2, 0.25) is 5.91 Å². The van der Waals surface area contributed by atoms with Gasteiger partial charge in [0.1, 0.15) is 17.4 Å². The zero-order valence-electron chi connectivity index (χ0n) is 16.1. The van der Waals surface area contributed by atoms with Gasteiger partial charge in [0.05, 0.1) is 23.8 Å². The standard InChI is InChI=1S/C24H21F2NO3/c25-17-9-5-15(6-10-17)22(29)14-13-19-23(16-7-11-18(28)12-8-16)27(24(19)30)21-4-2-1-3-20(21)26/h1-12,19,22-23,28-29H,13-14H2. The third-order valence-corrected chi connectivity index (χ3v) is 5.57. The third kappa shape index (κ3) is 3.78. The van der Waals surface area contributed by atoms with Crippen LogP contribution < -0.4 is 4.90 Å². The van der Waals surface area contributed by atoms with Gasteiger partial charge in [0, 0.05) is 0 Å². The average Bonchev–Trinajstić information content (AvgIpc) is 2.74. The molecule has 1 saturated heterocycles. The van der Waals surface area contributed by atoms with Crippen molar-refractivity contribution < 1.29 is 23.8 Å². The highest BCUT2D eigenvalue weighted by Gasteiger charge is 2.49. The fraction of sp³-hybridized carbons (Fsp3) is 0.208. The second kappa shape index (κ2) is 8.24. The van der Waals surface area contributed by atoms with Crippen molar-refractivity contribution in [3.63, 3.8) is 0 Å². The van der Waals surface area contributed by atoms with Crippen LogP contribution in [0.15, 0.2) is 72.8 Å². The topological polar surface area (TPSA) is 60.8 Å². The second-order valence-electron chi connectivity index (χ2n) is 7.45. The summed E-state index contributed by atoms with van der Waals surface area (Å²) < 4.78 is 27.5. The summed E-state index contributed by atoms with van der Waals surface area (Å²) >= 11 is 0. The zero-order chi connectivity index (χ0) is 21.3. The molecule has 0 aliphatic carbocycles. The number of para-hydroxylation sites is 1. The quantitative estimate of drug-likeness (QED) is 0.570. The maximum absolute atomic E-state index is 14.4. The maximum Gasteiger partial charge on any atom is 0.233 e. The minimum atomic E-state index is -0.832. The molecular weight excluding hydrogens is 388 g/mol. The summed E-state index contributed by atoms with van der Waals surface area (Å²) in [6.45, 7) is 0. The van der Waals surface area contributed by atoms with E-state index in [0.717, 1.165) is 5.56 Å². The number of β-lactam (4-membered cyclic amide) rings is 1. The Morgan fingerprint density at radius 3 is 2.27 bits per heavy atom. The molecule has 2 N–H and O–H groups in total. The van der Waals surface area contributed by atoms with Crippen LogP contribution >= 0.6 is 0 Å². The van der Waals surface area contributed by atoms with E-state index in [1.807, 2.05) is 0 Å². The predicted octanol–water partition coefficient (Wildman–Crippen LogP) is 4.89. The number of amides is 1. The third-order valence-electron chi connectivity index (χ3n) is 5.57. The van der Waals surface area contributed by atoms with E-state index in [-0.39, 0.29) is 23.2 Å². The molecule has 1 heterocycles. The van der Waals surface area contributed by atoms with Gasteiger partial charge in [-0.15, -0.1) is 0 Å². The SMILES string of the molecule is O=C1C(CCC(O)c2ccc(F)cc2)C(c2ccc(O)cc2)N1c1ccccc1F. The van der Waals surface area contributed by atoms with Crippen molar-refractivity contribution in [1.29, 1.82) is 0 Å². The molecule has 1 aliphatic heterocycles. The summed E-state index contributed by atoms with van der Waals surface area (Å²) in [5.41, 5.74) is 1.56. The monoisotopic (exact) mass is 409 g/mol. The van der Waals surface area contributed by atoms with Gasteiger partial charge in [-0.2, -0.15) is 0 Å². The molecule has 0 spiro atoms. The summed E-state index contributed by atoms with van der Waals surface area (Å²) in [6.07, 6.45) is -0.142. The normalized spacial score (nSPS) is 19.4. The van der Waals surface area contributed by atoms with E-state index in [9.17, 15) is 23.8 Å². The van der Waals surface area contributed by atoms with Crippen molar-refractivity contribution in [2.45, 2.75) is 25.0 Å². The van der Waals surface area contributed by atoms with Crippen molar-refractivity contribution in [3.8, 4) is 5.75 Å². The van der Waals surface area contributed by atoms with Gasteiger partial charge in [-0.05, 0) is 60.4 Å². The molecule has 3 atom stereocenters. The Kier molecular flexibility index (Phi) is 5.50. The maximum atomic E-state index is 14.4. The van der Waals surface area contributed by atoms with Gasteiger partial charge >= 0.3 is 0 Å². The fourth-order valence-corrected chi connectivity index (χ4v) is 3.99. The number of aromatic hydroxyl groups is 1. The molecule has 30 heavy (non-hydrogen) atoms. The largest absolute Gasteiger partial charge is 0.508 e. The number of hydrogen-bond acceptors (Lipinski definition) is 3. The lowest BCUT2D eigenvalue weighted by molar-refractivity contribution is -0.131. The van der Waals surface area contributed by atoms with Gasteiger partial charge in [0.15, 0.2) is 0 Å². The molecule has 0 saturated carbocycles. The summed E-state index contributed by atoms with van der Waals surface area (Å²) in [4.78, 5) is 14.4. The molecule has 6 heteroatoms. The number of benzene rings is 3. The molecule has 0 aromatic heterocycles. The van der Waals surface area contributed by atoms with Crippen molar-refractivity contribution >= 4 is 11.6 Å². The van der Waals surface area contributed by atoms with Crippen LogP contribution in [0, 0.1) is 17.6 Å². The average molecular weight is 409 g/mol. The van der Waals surface area contributed by atoms with E-state index < -0.39 is 23.9 Å². The number of aliphatic hydroxyl groups excluding tert-OH is 1. The number of hydrogen-bond donors (Lipinski definition) is 2. The summed E-state index contributed by atoms with van der Waals surface area (Å²) in [5.74, 6) is -1.42. The molecule has 154 valence electrons. The Balaban J connectivity index is 1.57. The number of nitrogens with zero attached hydrogens (tertiary/aromatic N) is 1. The minimum Gasteiger partial charge on any atom is -0.508 e. The molecule has 1 aliphatic rings. The molecule has 3 unspecified atom stereocenters. The number of phenols is 1. The van der Waals surface area contributed by atoms with Crippen LogP contribution in [0.3, 0.4) is 0 Å². The first-order chi connectivity index (χ1) is 14.5. The van der Waals surface area contributed by atoms with Crippen molar-refractivity contribution in [2.75, 3.05) is 4.90 Å². The first-order valence-electron chi connectivity index (χ1n) is 9.76. The molecule has 3 aromatic rings. The van der Waals surface area contributed by atoms with Gasteiger partial charge in [-0.1, -0.05) is 36.4 Å². The number of carbonyl (C=O) groups is 1. The van der Waals surface area contributed by atoms with E-state index in [2.05, 4.69) is 0 Å². The first kappa shape index (κ1) is 20.0. The number of phenolic OH excluding ortho intramolecular Hbond substituents is 1. The van der Waals surface area contributed by atoms with Crippen LogP contribution in [-0.2, 0) is 4.79 Å². The molecule has 1 amide bonds. The first-order valence-corrected chi connectivity index (χ1v) is 9.76. The van der Waals surface area contributed by atoms with Gasteiger partial charge in [0.25, 0.3) is 0 Å². The number of rotatable bonds is 6. The van der Waals surface area contributed by atoms with Crippen LogP contribution in [0.2, 0.25) is 0 Å². The van der Waals surface area contributed by atoms with Crippen molar-refractivity contribution in [2.24, 2.45) is 5.92 Å². The van der Waals surface area contributed by atoms with Crippen LogP contribution in [0.5, 0.6) is 5.75 Å².